The van der Waals surface area contributed by atoms with Gasteiger partial charge in [0.1, 0.15) is 23.7 Å². The highest BCUT2D eigenvalue weighted by Gasteiger charge is 2.46. The summed E-state index contributed by atoms with van der Waals surface area (Å²) in [5.41, 5.74) is 1.39. The van der Waals surface area contributed by atoms with Gasteiger partial charge in [0, 0.05) is 12.7 Å². The Kier molecular flexibility index (Phi) is 3.19. The highest BCUT2D eigenvalue weighted by molar-refractivity contribution is 5.78. The number of H-pyrrole nitrogens is 2. The Bertz CT molecular complexity index is 835. The van der Waals surface area contributed by atoms with Crippen LogP contribution in [0, 0.1) is 6.92 Å². The molecule has 2 aromatic rings. The summed E-state index contributed by atoms with van der Waals surface area (Å²) in [7, 11) is 0. The van der Waals surface area contributed by atoms with Gasteiger partial charge in [-0.3, -0.25) is 4.79 Å². The minimum atomic E-state index is -0.556. The molecule has 0 aromatic carbocycles. The van der Waals surface area contributed by atoms with Gasteiger partial charge >= 0.3 is 0 Å². The highest BCUT2D eigenvalue weighted by atomic mass is 16.8. The van der Waals surface area contributed by atoms with Crippen molar-refractivity contribution in [3.8, 4) is 0 Å². The Hall–Kier alpha value is -1.96. The molecule has 7 nitrogen and oxygen atoms in total. The Labute approximate surface area is 133 Å². The Balaban J connectivity index is 1.52. The smallest absolute Gasteiger partial charge is 0.260 e. The molecule has 3 N–H and O–H groups in total. The molecule has 4 rings (SSSR count). The van der Waals surface area contributed by atoms with E-state index in [1.807, 2.05) is 26.1 Å². The topological polar surface area (TPSA) is 92.0 Å². The van der Waals surface area contributed by atoms with E-state index in [9.17, 15) is 4.79 Å². The fraction of sp³-hybridized carbons (Fsp3) is 0.500. The van der Waals surface area contributed by atoms with E-state index in [1.165, 1.54) is 0 Å². The van der Waals surface area contributed by atoms with Crippen LogP contribution in [0.1, 0.15) is 25.2 Å². The van der Waals surface area contributed by atoms with Crippen LogP contribution in [0.2, 0.25) is 0 Å². The summed E-state index contributed by atoms with van der Waals surface area (Å²) in [6, 6.07) is 0.0595. The van der Waals surface area contributed by atoms with Crippen molar-refractivity contribution in [2.24, 2.45) is 0 Å². The van der Waals surface area contributed by atoms with Crippen molar-refractivity contribution in [3.05, 3.63) is 40.1 Å². The molecular weight excluding hydrogens is 296 g/mol. The molecule has 7 heteroatoms. The summed E-state index contributed by atoms with van der Waals surface area (Å²) in [6.07, 6.45) is 5.87. The normalized spacial score (nSPS) is 28.6. The SMILES string of the molecule is Cc1nc2[nH]cc(CNC3C=CC4OC(C)(C)OC34)c2c(=O)[nH]1. The molecule has 2 aromatic heterocycles. The molecular formula is C16H20N4O3. The summed E-state index contributed by atoms with van der Waals surface area (Å²) in [5.74, 6) is 0.0449. The molecule has 122 valence electrons. The first-order chi connectivity index (χ1) is 10.9. The van der Waals surface area contributed by atoms with Gasteiger partial charge < -0.3 is 24.8 Å². The first-order valence-electron chi connectivity index (χ1n) is 7.77. The molecule has 0 radical (unpaired) electrons. The lowest BCUT2D eigenvalue weighted by atomic mass is 10.1. The first-order valence-corrected chi connectivity index (χ1v) is 7.77. The molecule has 1 fully saturated rings. The van der Waals surface area contributed by atoms with Gasteiger partial charge in [-0.2, -0.15) is 0 Å². The molecule has 1 saturated heterocycles. The molecule has 0 spiro atoms. The predicted molar refractivity (Wildman–Crippen MR) is 85.0 cm³/mol. The zero-order valence-corrected chi connectivity index (χ0v) is 13.3. The Morgan fingerprint density at radius 2 is 2.17 bits per heavy atom. The van der Waals surface area contributed by atoms with E-state index in [0.717, 1.165) is 5.56 Å². The predicted octanol–water partition coefficient (Wildman–Crippen LogP) is 1.11. The minimum Gasteiger partial charge on any atom is -0.346 e. The summed E-state index contributed by atoms with van der Waals surface area (Å²) in [5, 5.41) is 4.04. The standard InChI is InChI=1S/C16H20N4O3/c1-8-19-14-12(15(21)20-8)9(7-18-14)6-17-10-4-5-11-13(10)23-16(2,3)22-11/h4-5,7,10-11,13,17H,6H2,1-3H3,(H2,18,19,20,21). The lowest BCUT2D eigenvalue weighted by molar-refractivity contribution is -0.145. The first kappa shape index (κ1) is 14.6. The molecule has 3 heterocycles. The van der Waals surface area contributed by atoms with Crippen LogP contribution < -0.4 is 10.9 Å². The average Bonchev–Trinajstić information content (AvgIpc) is 3.09. The van der Waals surface area contributed by atoms with Crippen molar-refractivity contribution >= 4 is 11.0 Å². The van der Waals surface area contributed by atoms with E-state index in [-0.39, 0.29) is 23.8 Å². The van der Waals surface area contributed by atoms with Crippen LogP contribution in [0.3, 0.4) is 0 Å². The molecule has 3 unspecified atom stereocenters. The number of hydrogen-bond acceptors (Lipinski definition) is 5. The molecule has 1 aliphatic heterocycles. The van der Waals surface area contributed by atoms with Gasteiger partial charge in [-0.15, -0.1) is 0 Å². The lowest BCUT2D eigenvalue weighted by Gasteiger charge is -2.21. The van der Waals surface area contributed by atoms with Crippen molar-refractivity contribution in [2.75, 3.05) is 0 Å². The van der Waals surface area contributed by atoms with Crippen molar-refractivity contribution in [1.82, 2.24) is 20.3 Å². The maximum atomic E-state index is 12.1. The second-order valence-electron chi connectivity index (χ2n) is 6.55. The van der Waals surface area contributed by atoms with Crippen LogP contribution in [0.5, 0.6) is 0 Å². The van der Waals surface area contributed by atoms with E-state index in [4.69, 9.17) is 9.47 Å². The number of fused-ring (bicyclic) bond motifs is 2. The van der Waals surface area contributed by atoms with Gasteiger partial charge in [-0.05, 0) is 26.3 Å². The number of aryl methyl sites for hydroxylation is 1. The molecule has 23 heavy (non-hydrogen) atoms. The zero-order valence-electron chi connectivity index (χ0n) is 13.3. The van der Waals surface area contributed by atoms with E-state index < -0.39 is 5.79 Å². The molecule has 3 atom stereocenters. The van der Waals surface area contributed by atoms with Crippen LogP contribution in [-0.2, 0) is 16.0 Å². The van der Waals surface area contributed by atoms with Gasteiger partial charge in [0.2, 0.25) is 0 Å². The van der Waals surface area contributed by atoms with Crippen LogP contribution in [0.25, 0.3) is 11.0 Å². The largest absolute Gasteiger partial charge is 0.346 e. The van der Waals surface area contributed by atoms with Crippen molar-refractivity contribution < 1.29 is 9.47 Å². The molecule has 0 amide bonds. The third-order valence-electron chi connectivity index (χ3n) is 4.30. The zero-order chi connectivity index (χ0) is 16.2. The van der Waals surface area contributed by atoms with Gasteiger partial charge in [0.25, 0.3) is 5.56 Å². The summed E-state index contributed by atoms with van der Waals surface area (Å²) >= 11 is 0. The van der Waals surface area contributed by atoms with Gasteiger partial charge in [0.15, 0.2) is 5.79 Å². The number of nitrogens with zero attached hydrogens (tertiary/aromatic N) is 1. The number of aromatic amines is 2. The van der Waals surface area contributed by atoms with E-state index >= 15 is 0 Å². The van der Waals surface area contributed by atoms with Gasteiger partial charge in [0.05, 0.1) is 11.4 Å². The number of rotatable bonds is 3. The third-order valence-corrected chi connectivity index (χ3v) is 4.30. The lowest BCUT2D eigenvalue weighted by Crippen LogP contribution is -2.39. The fourth-order valence-electron chi connectivity index (χ4n) is 3.35. The molecule has 2 aliphatic rings. The van der Waals surface area contributed by atoms with Crippen molar-refractivity contribution in [1.29, 1.82) is 0 Å². The van der Waals surface area contributed by atoms with Gasteiger partial charge in [-0.25, -0.2) is 4.98 Å². The minimum absolute atomic E-state index is 0.0156. The molecule has 1 aliphatic carbocycles. The van der Waals surface area contributed by atoms with Crippen LogP contribution in [0.15, 0.2) is 23.1 Å². The second-order valence-corrected chi connectivity index (χ2v) is 6.55. The Morgan fingerprint density at radius 1 is 1.35 bits per heavy atom. The van der Waals surface area contributed by atoms with E-state index in [0.29, 0.717) is 23.4 Å². The van der Waals surface area contributed by atoms with Crippen LogP contribution in [-0.4, -0.2) is 39.0 Å². The number of ether oxygens (including phenoxy) is 2. The second kappa shape index (κ2) is 5.02. The fourth-order valence-corrected chi connectivity index (χ4v) is 3.35. The van der Waals surface area contributed by atoms with Crippen molar-refractivity contribution in [2.45, 2.75) is 51.4 Å². The maximum absolute atomic E-state index is 12.1. The van der Waals surface area contributed by atoms with Gasteiger partial charge in [-0.1, -0.05) is 12.2 Å². The maximum Gasteiger partial charge on any atom is 0.260 e. The average molecular weight is 316 g/mol. The quantitative estimate of drug-likeness (QED) is 0.738. The monoisotopic (exact) mass is 316 g/mol. The summed E-state index contributed by atoms with van der Waals surface area (Å²) in [4.78, 5) is 22.3. The third kappa shape index (κ3) is 2.50. The molecule has 0 saturated carbocycles. The van der Waals surface area contributed by atoms with Crippen molar-refractivity contribution in [3.63, 3.8) is 0 Å². The number of aromatic nitrogens is 3. The highest BCUT2D eigenvalue weighted by Crippen LogP contribution is 2.34. The number of nitrogens with one attached hydrogen (secondary N) is 3. The molecule has 0 bridgehead atoms. The number of hydrogen-bond donors (Lipinski definition) is 3. The van der Waals surface area contributed by atoms with Crippen LogP contribution >= 0.6 is 0 Å². The van der Waals surface area contributed by atoms with Crippen LogP contribution in [0.4, 0.5) is 0 Å². The summed E-state index contributed by atoms with van der Waals surface area (Å²) in [6.45, 7) is 6.16. The van der Waals surface area contributed by atoms with E-state index in [1.54, 1.807) is 6.92 Å². The Morgan fingerprint density at radius 3 is 3.00 bits per heavy atom. The summed E-state index contributed by atoms with van der Waals surface area (Å²) < 4.78 is 11.8. The van der Waals surface area contributed by atoms with E-state index in [2.05, 4.69) is 26.3 Å².